The van der Waals surface area contributed by atoms with Crippen LogP contribution < -0.4 is 0 Å². The highest BCUT2D eigenvalue weighted by Gasteiger charge is 2.32. The molecule has 1 heterocycles. The number of carbonyl (C=O) groups is 2. The molecular formula is C24H16N4O2. The highest BCUT2D eigenvalue weighted by Crippen LogP contribution is 2.22. The number of Topliss-reactive ketones (excluding diaryl/α,β-unsaturated/α-hetero) is 2. The monoisotopic (exact) mass is 392 g/mol. The van der Waals surface area contributed by atoms with Crippen molar-refractivity contribution in [1.82, 2.24) is 14.8 Å². The minimum atomic E-state index is -1.51. The summed E-state index contributed by atoms with van der Waals surface area (Å²) >= 11 is 0. The molecule has 1 atom stereocenters. The van der Waals surface area contributed by atoms with E-state index in [-0.39, 0.29) is 5.82 Å². The zero-order valence-corrected chi connectivity index (χ0v) is 15.8. The number of rotatable bonds is 6. The Balaban J connectivity index is 1.77. The Morgan fingerprint density at radius 1 is 0.800 bits per heavy atom. The quantitative estimate of drug-likeness (QED) is 0.363. The van der Waals surface area contributed by atoms with Crippen LogP contribution in [0, 0.1) is 17.2 Å². The highest BCUT2D eigenvalue weighted by atomic mass is 16.2. The molecule has 1 aromatic heterocycles. The topological polar surface area (TPSA) is 88.6 Å². The Bertz CT molecular complexity index is 1170. The number of aromatic nitrogens is 3. The first-order valence-corrected chi connectivity index (χ1v) is 9.30. The van der Waals surface area contributed by atoms with Crippen LogP contribution in [0.2, 0.25) is 0 Å². The van der Waals surface area contributed by atoms with E-state index in [1.165, 1.54) is 0 Å². The van der Waals surface area contributed by atoms with E-state index in [0.717, 1.165) is 5.56 Å². The zero-order valence-electron chi connectivity index (χ0n) is 15.8. The summed E-state index contributed by atoms with van der Waals surface area (Å²) in [6, 6.07) is 28.7. The molecule has 0 radical (unpaired) electrons. The van der Waals surface area contributed by atoms with Crippen molar-refractivity contribution in [3.63, 3.8) is 0 Å². The first-order valence-electron chi connectivity index (χ1n) is 9.30. The molecule has 0 saturated carbocycles. The van der Waals surface area contributed by atoms with Crippen molar-refractivity contribution in [3.8, 4) is 23.1 Å². The van der Waals surface area contributed by atoms with Crippen molar-refractivity contribution in [1.29, 1.82) is 5.26 Å². The summed E-state index contributed by atoms with van der Waals surface area (Å²) in [6.07, 6.45) is 0. The van der Waals surface area contributed by atoms with E-state index in [1.54, 1.807) is 35.0 Å². The molecule has 0 saturated heterocycles. The van der Waals surface area contributed by atoms with Crippen molar-refractivity contribution in [2.45, 2.75) is 0 Å². The fourth-order valence-corrected chi connectivity index (χ4v) is 3.07. The Hall–Kier alpha value is -4.37. The molecule has 0 aliphatic carbocycles. The lowest BCUT2D eigenvalue weighted by molar-refractivity contribution is 0.0839. The minimum absolute atomic E-state index is 0.173. The smallest absolute Gasteiger partial charge is 0.226 e. The molecule has 0 N–H and O–H groups in total. The summed E-state index contributed by atoms with van der Waals surface area (Å²) in [7, 11) is 0. The van der Waals surface area contributed by atoms with Gasteiger partial charge in [-0.05, 0) is 12.1 Å². The van der Waals surface area contributed by atoms with Gasteiger partial charge < -0.3 is 0 Å². The van der Waals surface area contributed by atoms with Crippen LogP contribution in [0.5, 0.6) is 0 Å². The molecule has 0 bridgehead atoms. The number of benzene rings is 3. The van der Waals surface area contributed by atoms with Gasteiger partial charge >= 0.3 is 0 Å². The van der Waals surface area contributed by atoms with Crippen LogP contribution in [0.25, 0.3) is 17.1 Å². The third kappa shape index (κ3) is 3.64. The first-order chi connectivity index (χ1) is 14.7. The SMILES string of the molecule is N#CC(C(=O)c1ccccc1)C(=O)c1nc(-c2ccccc2)n(-c2ccccc2)n1. The Labute approximate surface area is 173 Å². The van der Waals surface area contributed by atoms with E-state index in [9.17, 15) is 14.9 Å². The van der Waals surface area contributed by atoms with Crippen LogP contribution in [0.15, 0.2) is 91.0 Å². The van der Waals surface area contributed by atoms with Gasteiger partial charge in [0.2, 0.25) is 11.6 Å². The highest BCUT2D eigenvalue weighted by molar-refractivity contribution is 6.16. The van der Waals surface area contributed by atoms with Gasteiger partial charge in [-0.2, -0.15) is 5.26 Å². The maximum atomic E-state index is 13.0. The van der Waals surface area contributed by atoms with E-state index in [1.807, 2.05) is 66.7 Å². The van der Waals surface area contributed by atoms with Crippen molar-refractivity contribution < 1.29 is 9.59 Å². The van der Waals surface area contributed by atoms with Gasteiger partial charge in [-0.15, -0.1) is 5.10 Å². The van der Waals surface area contributed by atoms with Crippen molar-refractivity contribution >= 4 is 11.6 Å². The average molecular weight is 392 g/mol. The fraction of sp³-hybridized carbons (Fsp3) is 0.0417. The largest absolute Gasteiger partial charge is 0.292 e. The molecule has 3 aromatic carbocycles. The molecule has 4 rings (SSSR count). The molecule has 4 aromatic rings. The maximum absolute atomic E-state index is 13.0. The molecule has 1 unspecified atom stereocenters. The lowest BCUT2D eigenvalue weighted by Crippen LogP contribution is -2.24. The van der Waals surface area contributed by atoms with Crippen LogP contribution in [0.4, 0.5) is 0 Å². The number of hydrogen-bond acceptors (Lipinski definition) is 5. The number of ketones is 2. The maximum Gasteiger partial charge on any atom is 0.226 e. The van der Waals surface area contributed by atoms with Crippen LogP contribution in [-0.2, 0) is 0 Å². The lowest BCUT2D eigenvalue weighted by Gasteiger charge is -2.05. The zero-order chi connectivity index (χ0) is 20.9. The molecule has 6 nitrogen and oxygen atoms in total. The molecule has 144 valence electrons. The third-order valence-electron chi connectivity index (χ3n) is 4.57. The van der Waals surface area contributed by atoms with Gasteiger partial charge in [0.25, 0.3) is 0 Å². The van der Waals surface area contributed by atoms with Crippen molar-refractivity contribution in [3.05, 3.63) is 102 Å². The van der Waals surface area contributed by atoms with Crippen LogP contribution in [0.3, 0.4) is 0 Å². The van der Waals surface area contributed by atoms with Crippen LogP contribution >= 0.6 is 0 Å². The van der Waals surface area contributed by atoms with Crippen molar-refractivity contribution in [2.24, 2.45) is 5.92 Å². The van der Waals surface area contributed by atoms with E-state index in [2.05, 4.69) is 10.1 Å². The molecule has 0 aliphatic heterocycles. The van der Waals surface area contributed by atoms with Gasteiger partial charge in [0.1, 0.15) is 0 Å². The summed E-state index contributed by atoms with van der Waals surface area (Å²) in [5, 5.41) is 13.9. The number of nitrogens with zero attached hydrogens (tertiary/aromatic N) is 4. The molecule has 30 heavy (non-hydrogen) atoms. The molecule has 0 spiro atoms. The second kappa shape index (κ2) is 8.33. The van der Waals surface area contributed by atoms with E-state index < -0.39 is 17.5 Å². The number of carbonyl (C=O) groups excluding carboxylic acids is 2. The predicted molar refractivity (Wildman–Crippen MR) is 111 cm³/mol. The Kier molecular flexibility index (Phi) is 5.27. The molecule has 0 amide bonds. The second-order valence-electron chi connectivity index (χ2n) is 6.53. The molecular weight excluding hydrogens is 376 g/mol. The summed E-state index contributed by atoms with van der Waals surface area (Å²) in [6.45, 7) is 0. The van der Waals surface area contributed by atoms with Crippen LogP contribution in [0.1, 0.15) is 21.0 Å². The van der Waals surface area contributed by atoms with Gasteiger partial charge in [-0.25, -0.2) is 9.67 Å². The van der Waals surface area contributed by atoms with E-state index >= 15 is 0 Å². The van der Waals surface area contributed by atoms with Crippen molar-refractivity contribution in [2.75, 3.05) is 0 Å². The van der Waals surface area contributed by atoms with Gasteiger partial charge in [0, 0.05) is 11.1 Å². The summed E-state index contributed by atoms with van der Waals surface area (Å²) in [5.41, 5.74) is 1.77. The van der Waals surface area contributed by atoms with Gasteiger partial charge in [-0.3, -0.25) is 9.59 Å². The minimum Gasteiger partial charge on any atom is -0.292 e. The third-order valence-corrected chi connectivity index (χ3v) is 4.57. The first kappa shape index (κ1) is 19.0. The van der Waals surface area contributed by atoms with Gasteiger partial charge in [0.05, 0.1) is 11.8 Å². The summed E-state index contributed by atoms with van der Waals surface area (Å²) in [5.74, 6) is -2.52. The van der Waals surface area contributed by atoms with E-state index in [0.29, 0.717) is 17.1 Å². The molecule has 0 aliphatic rings. The van der Waals surface area contributed by atoms with E-state index in [4.69, 9.17) is 0 Å². The lowest BCUT2D eigenvalue weighted by atomic mass is 9.94. The summed E-state index contributed by atoms with van der Waals surface area (Å²) < 4.78 is 1.55. The Morgan fingerprint density at radius 3 is 1.97 bits per heavy atom. The number of nitriles is 1. The molecule has 0 fully saturated rings. The molecule has 6 heteroatoms. The van der Waals surface area contributed by atoms with Crippen LogP contribution in [-0.4, -0.2) is 26.3 Å². The number of hydrogen-bond donors (Lipinski definition) is 0. The number of para-hydroxylation sites is 1. The summed E-state index contributed by atoms with van der Waals surface area (Å²) in [4.78, 5) is 30.2. The van der Waals surface area contributed by atoms with Gasteiger partial charge in [-0.1, -0.05) is 78.9 Å². The standard InChI is InChI=1S/C24H16N4O2/c25-16-20(21(29)17-10-4-1-5-11-17)22(30)23-26-24(18-12-6-2-7-13-18)28(27-23)19-14-8-3-9-15-19/h1-15,20H. The fourth-order valence-electron chi connectivity index (χ4n) is 3.07. The Morgan fingerprint density at radius 2 is 1.37 bits per heavy atom. The average Bonchev–Trinajstić information content (AvgIpc) is 3.27. The normalized spacial score (nSPS) is 11.4. The predicted octanol–water partition coefficient (Wildman–Crippen LogP) is 4.14. The second-order valence-corrected chi connectivity index (χ2v) is 6.53. The van der Waals surface area contributed by atoms with Gasteiger partial charge in [0.15, 0.2) is 17.5 Å².